The van der Waals surface area contributed by atoms with Crippen molar-refractivity contribution in [3.63, 3.8) is 0 Å². The van der Waals surface area contributed by atoms with Gasteiger partial charge in [0.1, 0.15) is 0 Å². The second-order valence-electron chi connectivity index (χ2n) is 6.60. The molecule has 124 valence electrons. The van der Waals surface area contributed by atoms with Gasteiger partial charge in [0.05, 0.1) is 0 Å². The average Bonchev–Trinajstić information content (AvgIpc) is 2.59. The summed E-state index contributed by atoms with van der Waals surface area (Å²) in [5.74, 6) is 0. The van der Waals surface area contributed by atoms with E-state index in [-0.39, 0.29) is 0 Å². The molecule has 0 spiro atoms. The van der Waals surface area contributed by atoms with E-state index in [9.17, 15) is 0 Å². The molecule has 0 aliphatic rings. The molecule has 0 atom stereocenters. The lowest BCUT2D eigenvalue weighted by Crippen LogP contribution is -1.86. The van der Waals surface area contributed by atoms with Gasteiger partial charge in [-0.1, -0.05) is 87.2 Å². The monoisotopic (exact) mass is 308 g/mol. The fourth-order valence-electron chi connectivity index (χ4n) is 3.09. The molecule has 0 N–H and O–H groups in total. The predicted molar refractivity (Wildman–Crippen MR) is 104 cm³/mol. The van der Waals surface area contributed by atoms with Crippen molar-refractivity contribution in [1.82, 2.24) is 0 Å². The molecule has 0 saturated carbocycles. The molecule has 0 heterocycles. The van der Waals surface area contributed by atoms with E-state index in [1.807, 2.05) is 0 Å². The highest BCUT2D eigenvalue weighted by Crippen LogP contribution is 2.17. The molecule has 0 amide bonds. The zero-order valence-corrected chi connectivity index (χ0v) is 14.8. The number of rotatable bonds is 11. The van der Waals surface area contributed by atoms with Crippen molar-refractivity contribution in [1.29, 1.82) is 0 Å². The molecule has 23 heavy (non-hydrogen) atoms. The summed E-state index contributed by atoms with van der Waals surface area (Å²) >= 11 is 0. The normalized spacial score (nSPS) is 11.5. The molecule has 2 rings (SSSR count). The van der Waals surface area contributed by atoms with Crippen molar-refractivity contribution in [2.75, 3.05) is 0 Å². The molecule has 0 bridgehead atoms. The summed E-state index contributed by atoms with van der Waals surface area (Å²) < 4.78 is 0. The zero-order valence-electron chi connectivity index (χ0n) is 14.8. The smallest absolute Gasteiger partial charge is 0.0181 e. The van der Waals surface area contributed by atoms with Gasteiger partial charge in [0, 0.05) is 0 Å². The first kappa shape index (κ1) is 17.8. The van der Waals surface area contributed by atoms with Gasteiger partial charge in [-0.05, 0) is 54.9 Å². The molecule has 0 radical (unpaired) electrons. The van der Waals surface area contributed by atoms with E-state index in [0.717, 1.165) is 0 Å². The molecule has 0 aliphatic heterocycles. The van der Waals surface area contributed by atoms with Crippen LogP contribution in [0.2, 0.25) is 0 Å². The van der Waals surface area contributed by atoms with Gasteiger partial charge < -0.3 is 0 Å². The van der Waals surface area contributed by atoms with Crippen molar-refractivity contribution in [3.8, 4) is 0 Å². The molecular weight excluding hydrogens is 276 g/mol. The lowest BCUT2D eigenvalue weighted by Gasteiger charge is -2.04. The molecule has 0 nitrogen and oxygen atoms in total. The Labute approximate surface area is 142 Å². The quantitative estimate of drug-likeness (QED) is 0.298. The Morgan fingerprint density at radius 2 is 1.39 bits per heavy atom. The van der Waals surface area contributed by atoms with Crippen molar-refractivity contribution in [2.24, 2.45) is 0 Å². The largest absolute Gasteiger partial charge is 0.0885 e. The highest BCUT2D eigenvalue weighted by molar-refractivity contribution is 5.82. The van der Waals surface area contributed by atoms with Crippen LogP contribution in [-0.4, -0.2) is 0 Å². The van der Waals surface area contributed by atoms with Crippen LogP contribution in [-0.2, 0) is 6.42 Å². The van der Waals surface area contributed by atoms with E-state index in [1.54, 1.807) is 0 Å². The van der Waals surface area contributed by atoms with Gasteiger partial charge in [-0.15, -0.1) is 0 Å². The van der Waals surface area contributed by atoms with Crippen molar-refractivity contribution < 1.29 is 0 Å². The molecule has 0 fully saturated rings. The minimum absolute atomic E-state index is 1.22. The topological polar surface area (TPSA) is 0 Å². The van der Waals surface area contributed by atoms with Crippen LogP contribution >= 0.6 is 0 Å². The number of benzene rings is 2. The first-order valence-corrected chi connectivity index (χ1v) is 9.53. The molecule has 0 aromatic heterocycles. The highest BCUT2D eigenvalue weighted by Gasteiger charge is 1.97. The maximum atomic E-state index is 2.39. The standard InChI is InChI=1S/C23H32/c1-2-3-4-5-6-7-8-9-10-11-12-15-21-18-19-22-16-13-14-17-23(22)20-21/h6-7,13-14,16-20H,2-5,8-12,15H2,1H3/b7-6+. The summed E-state index contributed by atoms with van der Waals surface area (Å²) in [5, 5.41) is 2.72. The van der Waals surface area contributed by atoms with E-state index < -0.39 is 0 Å². The maximum absolute atomic E-state index is 2.39. The minimum atomic E-state index is 1.22. The molecular formula is C23H32. The van der Waals surface area contributed by atoms with E-state index in [2.05, 4.69) is 61.5 Å². The Hall–Kier alpha value is -1.56. The van der Waals surface area contributed by atoms with Crippen LogP contribution in [0.15, 0.2) is 54.6 Å². The number of aryl methyl sites for hydroxylation is 1. The first-order chi connectivity index (χ1) is 11.4. The molecule has 0 heteroatoms. The number of hydrogen-bond acceptors (Lipinski definition) is 0. The molecule has 0 aliphatic carbocycles. The lowest BCUT2D eigenvalue weighted by molar-refractivity contribution is 0.645. The summed E-state index contributed by atoms with van der Waals surface area (Å²) in [5.41, 5.74) is 1.49. The maximum Gasteiger partial charge on any atom is -0.0181 e. The van der Waals surface area contributed by atoms with Crippen molar-refractivity contribution in [2.45, 2.75) is 71.1 Å². The van der Waals surface area contributed by atoms with Gasteiger partial charge in [0.15, 0.2) is 0 Å². The number of hydrogen-bond donors (Lipinski definition) is 0. The average molecular weight is 309 g/mol. The third-order valence-electron chi connectivity index (χ3n) is 4.54. The predicted octanol–water partition coefficient (Wildman–Crippen LogP) is 7.47. The van der Waals surface area contributed by atoms with Crippen LogP contribution in [0.4, 0.5) is 0 Å². The van der Waals surface area contributed by atoms with Crippen LogP contribution in [0, 0.1) is 0 Å². The van der Waals surface area contributed by atoms with Crippen LogP contribution < -0.4 is 0 Å². The van der Waals surface area contributed by atoms with E-state index in [0.29, 0.717) is 0 Å². The third-order valence-corrected chi connectivity index (χ3v) is 4.54. The van der Waals surface area contributed by atoms with Crippen molar-refractivity contribution in [3.05, 3.63) is 60.2 Å². The SMILES string of the molecule is CCCCC/C=C/CCCCCCc1ccc2ccccc2c1. The van der Waals surface area contributed by atoms with E-state index >= 15 is 0 Å². The Balaban J connectivity index is 1.54. The third kappa shape index (κ3) is 7.03. The van der Waals surface area contributed by atoms with Gasteiger partial charge in [0.25, 0.3) is 0 Å². The van der Waals surface area contributed by atoms with Gasteiger partial charge in [-0.25, -0.2) is 0 Å². The number of allylic oxidation sites excluding steroid dienone is 2. The Bertz CT molecular complexity index is 579. The lowest BCUT2D eigenvalue weighted by atomic mass is 10.0. The van der Waals surface area contributed by atoms with E-state index in [4.69, 9.17) is 0 Å². The summed E-state index contributed by atoms with van der Waals surface area (Å²) in [6.07, 6.45) is 18.0. The Morgan fingerprint density at radius 3 is 2.17 bits per heavy atom. The molecule has 0 unspecified atom stereocenters. The first-order valence-electron chi connectivity index (χ1n) is 9.53. The molecule has 2 aromatic rings. The summed E-state index contributed by atoms with van der Waals surface area (Å²) in [6.45, 7) is 2.27. The number of fused-ring (bicyclic) bond motifs is 1. The van der Waals surface area contributed by atoms with Crippen LogP contribution in [0.3, 0.4) is 0 Å². The van der Waals surface area contributed by atoms with Crippen LogP contribution in [0.25, 0.3) is 10.8 Å². The molecule has 0 saturated heterocycles. The summed E-state index contributed by atoms with van der Waals surface area (Å²) in [6, 6.07) is 15.5. The second-order valence-corrected chi connectivity index (χ2v) is 6.60. The van der Waals surface area contributed by atoms with Crippen LogP contribution in [0.1, 0.15) is 70.3 Å². The summed E-state index contributed by atoms with van der Waals surface area (Å²) in [4.78, 5) is 0. The Kier molecular flexibility index (Phi) is 8.55. The van der Waals surface area contributed by atoms with Gasteiger partial charge >= 0.3 is 0 Å². The fourth-order valence-corrected chi connectivity index (χ4v) is 3.09. The fraction of sp³-hybridized carbons (Fsp3) is 0.478. The summed E-state index contributed by atoms with van der Waals surface area (Å²) in [7, 11) is 0. The van der Waals surface area contributed by atoms with Crippen LogP contribution in [0.5, 0.6) is 0 Å². The van der Waals surface area contributed by atoms with Crippen molar-refractivity contribution >= 4 is 10.8 Å². The Morgan fingerprint density at radius 1 is 0.696 bits per heavy atom. The van der Waals surface area contributed by atoms with Gasteiger partial charge in [-0.2, -0.15) is 0 Å². The van der Waals surface area contributed by atoms with E-state index in [1.165, 1.54) is 80.5 Å². The van der Waals surface area contributed by atoms with Gasteiger partial charge in [-0.3, -0.25) is 0 Å². The number of unbranched alkanes of at least 4 members (excludes halogenated alkanes) is 7. The second kappa shape index (κ2) is 11.0. The van der Waals surface area contributed by atoms with Gasteiger partial charge in [0.2, 0.25) is 0 Å². The molecule has 2 aromatic carbocycles. The minimum Gasteiger partial charge on any atom is -0.0885 e. The zero-order chi connectivity index (χ0) is 16.2. The highest BCUT2D eigenvalue weighted by atomic mass is 14.0.